The van der Waals surface area contributed by atoms with E-state index in [-0.39, 0.29) is 5.91 Å². The molecule has 0 unspecified atom stereocenters. The maximum Gasteiger partial charge on any atom is 0.231 e. The van der Waals surface area contributed by atoms with Crippen molar-refractivity contribution in [3.8, 4) is 0 Å². The Hall–Kier alpha value is -0.870. The van der Waals surface area contributed by atoms with Crippen LogP contribution in [-0.2, 0) is 11.3 Å². The molecule has 1 aromatic heterocycles. The van der Waals surface area contributed by atoms with Crippen molar-refractivity contribution in [2.45, 2.75) is 19.9 Å². The Labute approximate surface area is 88.5 Å². The van der Waals surface area contributed by atoms with E-state index in [0.29, 0.717) is 6.54 Å². The first-order chi connectivity index (χ1) is 6.72. The van der Waals surface area contributed by atoms with Gasteiger partial charge in [0.2, 0.25) is 5.91 Å². The van der Waals surface area contributed by atoms with Gasteiger partial charge in [-0.25, -0.2) is 0 Å². The van der Waals surface area contributed by atoms with Crippen LogP contribution >= 0.6 is 11.3 Å². The summed E-state index contributed by atoms with van der Waals surface area (Å²) in [4.78, 5) is 14.2. The van der Waals surface area contributed by atoms with Crippen LogP contribution in [0.5, 0.6) is 0 Å². The highest BCUT2D eigenvalue weighted by Gasteiger charge is 2.08. The Morgan fingerprint density at radius 1 is 1.64 bits per heavy atom. The number of hydrogen-bond donors (Lipinski definition) is 1. The van der Waals surface area contributed by atoms with E-state index in [4.69, 9.17) is 5.73 Å². The van der Waals surface area contributed by atoms with Crippen LogP contribution in [0.2, 0.25) is 0 Å². The van der Waals surface area contributed by atoms with Gasteiger partial charge in [0.1, 0.15) is 0 Å². The molecule has 0 atom stereocenters. The van der Waals surface area contributed by atoms with Crippen molar-refractivity contribution in [2.75, 3.05) is 13.1 Å². The van der Waals surface area contributed by atoms with Crippen molar-refractivity contribution in [1.29, 1.82) is 0 Å². The molecule has 4 heteroatoms. The number of hydrogen-bond acceptors (Lipinski definition) is 3. The number of carbonyl (C=O) groups excluding carboxylic acids is 1. The van der Waals surface area contributed by atoms with Crippen molar-refractivity contribution in [2.24, 2.45) is 5.73 Å². The quantitative estimate of drug-likeness (QED) is 0.775. The zero-order chi connectivity index (χ0) is 10.4. The van der Waals surface area contributed by atoms with E-state index in [1.807, 2.05) is 11.4 Å². The predicted octanol–water partition coefficient (Wildman–Crippen LogP) is 1.45. The lowest BCUT2D eigenvalue weighted by atomic mass is 10.3. The molecule has 0 saturated carbocycles. The minimum atomic E-state index is -0.255. The van der Waals surface area contributed by atoms with Crippen LogP contribution in [0, 0.1) is 0 Å². The first kappa shape index (κ1) is 11.2. The monoisotopic (exact) mass is 212 g/mol. The molecule has 2 N–H and O–H groups in total. The molecule has 1 rings (SSSR count). The molecule has 0 saturated heterocycles. The number of nitrogens with two attached hydrogens (primary N) is 1. The van der Waals surface area contributed by atoms with Gasteiger partial charge in [0.15, 0.2) is 0 Å². The molecule has 1 aromatic rings. The highest BCUT2D eigenvalue weighted by molar-refractivity contribution is 7.09. The minimum absolute atomic E-state index is 0.255. The third kappa shape index (κ3) is 3.89. The molecule has 0 aromatic carbocycles. The summed E-state index contributed by atoms with van der Waals surface area (Å²) >= 11 is 1.71. The topological polar surface area (TPSA) is 46.3 Å². The van der Waals surface area contributed by atoms with Crippen LogP contribution in [0.25, 0.3) is 0 Å². The second-order valence-electron chi connectivity index (χ2n) is 3.26. The molecule has 0 fully saturated rings. The lowest BCUT2D eigenvalue weighted by Gasteiger charge is -2.18. The zero-order valence-electron chi connectivity index (χ0n) is 8.40. The summed E-state index contributed by atoms with van der Waals surface area (Å²) < 4.78 is 0. The number of thiophene rings is 1. The second kappa shape index (κ2) is 5.78. The molecule has 78 valence electrons. The van der Waals surface area contributed by atoms with Crippen molar-refractivity contribution < 1.29 is 4.79 Å². The van der Waals surface area contributed by atoms with Gasteiger partial charge in [0.25, 0.3) is 0 Å². The first-order valence-corrected chi connectivity index (χ1v) is 5.63. The average Bonchev–Trinajstić information content (AvgIpc) is 2.56. The largest absolute Gasteiger partial charge is 0.369 e. The van der Waals surface area contributed by atoms with E-state index in [2.05, 4.69) is 17.9 Å². The molecule has 1 heterocycles. The van der Waals surface area contributed by atoms with Crippen LogP contribution in [0.1, 0.15) is 18.2 Å². The van der Waals surface area contributed by atoms with Gasteiger partial charge in [-0.15, -0.1) is 11.3 Å². The summed E-state index contributed by atoms with van der Waals surface area (Å²) in [7, 11) is 0. The summed E-state index contributed by atoms with van der Waals surface area (Å²) in [5.41, 5.74) is 5.18. The highest BCUT2D eigenvalue weighted by Crippen LogP contribution is 2.11. The summed E-state index contributed by atoms with van der Waals surface area (Å²) in [5.74, 6) is -0.255. The molecular formula is C10H16N2OS. The van der Waals surface area contributed by atoms with Crippen molar-refractivity contribution >= 4 is 17.2 Å². The summed E-state index contributed by atoms with van der Waals surface area (Å²) in [6.45, 7) is 4.20. The normalized spacial score (nSPS) is 10.7. The number of nitrogens with zero attached hydrogens (tertiary/aromatic N) is 1. The van der Waals surface area contributed by atoms with Gasteiger partial charge in [0.05, 0.1) is 6.54 Å². The van der Waals surface area contributed by atoms with E-state index >= 15 is 0 Å². The average molecular weight is 212 g/mol. The predicted molar refractivity (Wildman–Crippen MR) is 59.1 cm³/mol. The van der Waals surface area contributed by atoms with Gasteiger partial charge in [-0.05, 0) is 24.4 Å². The van der Waals surface area contributed by atoms with Gasteiger partial charge in [0, 0.05) is 11.4 Å². The molecule has 0 spiro atoms. The maximum atomic E-state index is 10.8. The van der Waals surface area contributed by atoms with E-state index < -0.39 is 0 Å². The van der Waals surface area contributed by atoms with E-state index in [1.165, 1.54) is 4.88 Å². The fraction of sp³-hybridized carbons (Fsp3) is 0.500. The lowest BCUT2D eigenvalue weighted by molar-refractivity contribution is -0.119. The van der Waals surface area contributed by atoms with Crippen molar-refractivity contribution in [3.63, 3.8) is 0 Å². The molecule has 14 heavy (non-hydrogen) atoms. The van der Waals surface area contributed by atoms with Gasteiger partial charge >= 0.3 is 0 Å². The SMILES string of the molecule is CCCN(CC(N)=O)Cc1cccs1. The zero-order valence-corrected chi connectivity index (χ0v) is 9.22. The second-order valence-corrected chi connectivity index (χ2v) is 4.29. The van der Waals surface area contributed by atoms with Gasteiger partial charge < -0.3 is 5.73 Å². The number of primary amides is 1. The molecule has 3 nitrogen and oxygen atoms in total. The first-order valence-electron chi connectivity index (χ1n) is 4.75. The van der Waals surface area contributed by atoms with Crippen LogP contribution in [0.3, 0.4) is 0 Å². The summed E-state index contributed by atoms with van der Waals surface area (Å²) in [5, 5.41) is 2.05. The van der Waals surface area contributed by atoms with Crippen molar-refractivity contribution in [3.05, 3.63) is 22.4 Å². The Bertz CT molecular complexity index is 272. The minimum Gasteiger partial charge on any atom is -0.369 e. The van der Waals surface area contributed by atoms with E-state index in [9.17, 15) is 4.79 Å². The number of carbonyl (C=O) groups is 1. The number of amides is 1. The maximum absolute atomic E-state index is 10.8. The van der Waals surface area contributed by atoms with Gasteiger partial charge in [-0.3, -0.25) is 9.69 Å². The third-order valence-electron chi connectivity index (χ3n) is 1.88. The number of rotatable bonds is 6. The van der Waals surface area contributed by atoms with Crippen LogP contribution in [-0.4, -0.2) is 23.9 Å². The molecule has 0 aliphatic rings. The highest BCUT2D eigenvalue weighted by atomic mass is 32.1. The van der Waals surface area contributed by atoms with Crippen LogP contribution in [0.4, 0.5) is 0 Å². The van der Waals surface area contributed by atoms with E-state index in [0.717, 1.165) is 19.5 Å². The lowest BCUT2D eigenvalue weighted by Crippen LogP contribution is -2.33. The standard InChI is InChI=1S/C10H16N2OS/c1-2-5-12(8-10(11)13)7-9-4-3-6-14-9/h3-4,6H,2,5,7-8H2,1H3,(H2,11,13). The molecule has 1 amide bonds. The summed E-state index contributed by atoms with van der Waals surface area (Å²) in [6, 6.07) is 4.10. The molecular weight excluding hydrogens is 196 g/mol. The fourth-order valence-electron chi connectivity index (χ4n) is 1.37. The molecule has 0 aliphatic carbocycles. The Morgan fingerprint density at radius 3 is 2.93 bits per heavy atom. The molecule has 0 aliphatic heterocycles. The fourth-order valence-corrected chi connectivity index (χ4v) is 2.12. The molecule has 0 radical (unpaired) electrons. The smallest absolute Gasteiger partial charge is 0.231 e. The third-order valence-corrected chi connectivity index (χ3v) is 2.74. The molecule has 0 bridgehead atoms. The van der Waals surface area contributed by atoms with Crippen molar-refractivity contribution in [1.82, 2.24) is 4.90 Å². The Morgan fingerprint density at radius 2 is 2.43 bits per heavy atom. The Kier molecular flexibility index (Phi) is 4.62. The van der Waals surface area contributed by atoms with E-state index in [1.54, 1.807) is 11.3 Å². The van der Waals surface area contributed by atoms with Crippen LogP contribution < -0.4 is 5.73 Å². The Balaban J connectivity index is 2.46. The van der Waals surface area contributed by atoms with Gasteiger partial charge in [-0.2, -0.15) is 0 Å². The van der Waals surface area contributed by atoms with Gasteiger partial charge in [-0.1, -0.05) is 13.0 Å². The summed E-state index contributed by atoms with van der Waals surface area (Å²) in [6.07, 6.45) is 1.04. The van der Waals surface area contributed by atoms with Crippen LogP contribution in [0.15, 0.2) is 17.5 Å².